The highest BCUT2D eigenvalue weighted by Crippen LogP contribution is 2.24. The number of ether oxygens (including phenoxy) is 1. The van der Waals surface area contributed by atoms with E-state index in [9.17, 15) is 9.18 Å². The third-order valence-electron chi connectivity index (χ3n) is 3.76. The number of anilines is 1. The number of hydrogen-bond acceptors (Lipinski definition) is 5. The number of aryl methyl sites for hydroxylation is 1. The van der Waals surface area contributed by atoms with E-state index in [2.05, 4.69) is 10.2 Å². The number of hydrogen-bond donors (Lipinski definition) is 1. The molecule has 0 bridgehead atoms. The van der Waals surface area contributed by atoms with Gasteiger partial charge >= 0.3 is 0 Å². The van der Waals surface area contributed by atoms with Crippen LogP contribution in [0.25, 0.3) is 11.3 Å². The van der Waals surface area contributed by atoms with Gasteiger partial charge in [0.1, 0.15) is 5.82 Å². The van der Waals surface area contributed by atoms with Crippen LogP contribution in [0.3, 0.4) is 0 Å². The predicted molar refractivity (Wildman–Crippen MR) is 83.3 cm³/mol. The molecule has 7 heteroatoms. The summed E-state index contributed by atoms with van der Waals surface area (Å²) >= 11 is 0. The standard InChI is InChI=1S/C16H17FN4O2/c1-10-7-13(11-3-2-4-12(17)8-11)19-20-16(10)21-5-6-23-14(9-21)15(18)22/h2-4,7-8,14H,5-6,9H2,1H3,(H2,18,22)/t14-/m1/s1. The molecule has 1 aromatic carbocycles. The summed E-state index contributed by atoms with van der Waals surface area (Å²) in [6.45, 7) is 3.27. The van der Waals surface area contributed by atoms with Crippen LogP contribution in [-0.4, -0.2) is 41.9 Å². The van der Waals surface area contributed by atoms with Crippen molar-refractivity contribution in [2.24, 2.45) is 5.73 Å². The number of halogens is 1. The van der Waals surface area contributed by atoms with Gasteiger partial charge in [-0.15, -0.1) is 10.2 Å². The summed E-state index contributed by atoms with van der Waals surface area (Å²) in [6.07, 6.45) is -0.646. The molecule has 1 amide bonds. The molecule has 2 aromatic rings. The first-order valence-electron chi connectivity index (χ1n) is 7.31. The number of carbonyl (C=O) groups is 1. The Balaban J connectivity index is 1.86. The lowest BCUT2D eigenvalue weighted by Gasteiger charge is -2.32. The maximum Gasteiger partial charge on any atom is 0.248 e. The average Bonchev–Trinajstić information content (AvgIpc) is 2.55. The topological polar surface area (TPSA) is 81.3 Å². The lowest BCUT2D eigenvalue weighted by molar-refractivity contribution is -0.130. The number of nitrogens with two attached hydrogens (primary N) is 1. The summed E-state index contributed by atoms with van der Waals surface area (Å²) in [4.78, 5) is 13.2. The second kappa shape index (κ2) is 6.29. The minimum absolute atomic E-state index is 0.316. The van der Waals surface area contributed by atoms with Gasteiger partial charge in [-0.3, -0.25) is 4.79 Å². The van der Waals surface area contributed by atoms with E-state index in [1.165, 1.54) is 12.1 Å². The second-order valence-electron chi connectivity index (χ2n) is 5.45. The molecule has 1 saturated heterocycles. The molecule has 2 N–H and O–H groups in total. The van der Waals surface area contributed by atoms with Crippen LogP contribution in [0.4, 0.5) is 10.2 Å². The maximum atomic E-state index is 13.3. The van der Waals surface area contributed by atoms with E-state index in [1.54, 1.807) is 12.1 Å². The lowest BCUT2D eigenvalue weighted by Crippen LogP contribution is -2.49. The summed E-state index contributed by atoms with van der Waals surface area (Å²) in [5, 5.41) is 8.43. The highest BCUT2D eigenvalue weighted by Gasteiger charge is 2.26. The van der Waals surface area contributed by atoms with Crippen molar-refractivity contribution < 1.29 is 13.9 Å². The van der Waals surface area contributed by atoms with E-state index in [0.717, 1.165) is 5.56 Å². The Bertz CT molecular complexity index is 738. The fraction of sp³-hybridized carbons (Fsp3) is 0.312. The number of aromatic nitrogens is 2. The molecule has 1 aromatic heterocycles. The van der Waals surface area contributed by atoms with Crippen molar-refractivity contribution >= 4 is 11.7 Å². The molecule has 2 heterocycles. The molecule has 6 nitrogen and oxygen atoms in total. The van der Waals surface area contributed by atoms with Gasteiger partial charge in [-0.25, -0.2) is 4.39 Å². The number of morpholine rings is 1. The van der Waals surface area contributed by atoms with Gasteiger partial charge in [-0.05, 0) is 30.7 Å². The Morgan fingerprint density at radius 2 is 2.22 bits per heavy atom. The van der Waals surface area contributed by atoms with Crippen molar-refractivity contribution in [3.8, 4) is 11.3 Å². The van der Waals surface area contributed by atoms with Crippen molar-refractivity contribution in [3.63, 3.8) is 0 Å². The molecule has 120 valence electrons. The summed E-state index contributed by atoms with van der Waals surface area (Å²) in [5.74, 6) is -0.125. The van der Waals surface area contributed by atoms with Gasteiger partial charge in [0, 0.05) is 12.1 Å². The summed E-state index contributed by atoms with van der Waals surface area (Å²) in [6, 6.07) is 8.07. The Morgan fingerprint density at radius 3 is 2.91 bits per heavy atom. The van der Waals surface area contributed by atoms with Crippen LogP contribution in [0.5, 0.6) is 0 Å². The zero-order chi connectivity index (χ0) is 16.4. The molecule has 1 aliphatic rings. The first kappa shape index (κ1) is 15.4. The summed E-state index contributed by atoms with van der Waals surface area (Å²) < 4.78 is 18.7. The van der Waals surface area contributed by atoms with E-state index in [4.69, 9.17) is 10.5 Å². The Hall–Kier alpha value is -2.54. The quantitative estimate of drug-likeness (QED) is 0.922. The van der Waals surface area contributed by atoms with Gasteiger partial charge in [0.25, 0.3) is 0 Å². The van der Waals surface area contributed by atoms with Gasteiger partial charge in [-0.1, -0.05) is 12.1 Å². The molecule has 3 rings (SSSR count). The summed E-state index contributed by atoms with van der Waals surface area (Å²) in [7, 11) is 0. The number of carbonyl (C=O) groups excluding carboxylic acids is 1. The second-order valence-corrected chi connectivity index (χ2v) is 5.45. The Labute approximate surface area is 133 Å². The van der Waals surface area contributed by atoms with Crippen LogP contribution in [0.2, 0.25) is 0 Å². The Kier molecular flexibility index (Phi) is 4.20. The third-order valence-corrected chi connectivity index (χ3v) is 3.76. The third kappa shape index (κ3) is 3.29. The van der Waals surface area contributed by atoms with Gasteiger partial charge in [0.05, 0.1) is 18.8 Å². The number of benzene rings is 1. The molecule has 1 fully saturated rings. The zero-order valence-corrected chi connectivity index (χ0v) is 12.7. The predicted octanol–water partition coefficient (Wildman–Crippen LogP) is 1.28. The van der Waals surface area contributed by atoms with Gasteiger partial charge < -0.3 is 15.4 Å². The van der Waals surface area contributed by atoms with E-state index < -0.39 is 12.0 Å². The molecule has 0 radical (unpaired) electrons. The fourth-order valence-electron chi connectivity index (χ4n) is 2.59. The Morgan fingerprint density at radius 1 is 1.39 bits per heavy atom. The molecule has 0 unspecified atom stereocenters. The lowest BCUT2D eigenvalue weighted by atomic mass is 10.1. The SMILES string of the molecule is Cc1cc(-c2cccc(F)c2)nnc1N1CCO[C@@H](C(N)=O)C1. The van der Waals surface area contributed by atoms with Gasteiger partial charge in [0.15, 0.2) is 11.9 Å². The highest BCUT2D eigenvalue weighted by molar-refractivity contribution is 5.80. The zero-order valence-electron chi connectivity index (χ0n) is 12.7. The highest BCUT2D eigenvalue weighted by atomic mass is 19.1. The van der Waals surface area contributed by atoms with Crippen LogP contribution in [0.1, 0.15) is 5.56 Å². The number of amides is 1. The molecule has 0 spiro atoms. The molecular formula is C16H17FN4O2. The van der Waals surface area contributed by atoms with Gasteiger partial charge in [-0.2, -0.15) is 0 Å². The maximum absolute atomic E-state index is 13.3. The van der Waals surface area contributed by atoms with Crippen molar-refractivity contribution in [1.29, 1.82) is 0 Å². The molecule has 1 atom stereocenters. The van der Waals surface area contributed by atoms with Crippen molar-refractivity contribution in [2.45, 2.75) is 13.0 Å². The van der Waals surface area contributed by atoms with Crippen LogP contribution in [0, 0.1) is 12.7 Å². The van der Waals surface area contributed by atoms with E-state index in [0.29, 0.717) is 36.8 Å². The number of rotatable bonds is 3. The van der Waals surface area contributed by atoms with Crippen LogP contribution in [0.15, 0.2) is 30.3 Å². The molecular weight excluding hydrogens is 299 g/mol. The molecule has 0 saturated carbocycles. The van der Waals surface area contributed by atoms with Crippen molar-refractivity contribution in [3.05, 3.63) is 41.7 Å². The smallest absolute Gasteiger partial charge is 0.248 e. The van der Waals surface area contributed by atoms with Crippen LogP contribution >= 0.6 is 0 Å². The number of primary amides is 1. The normalized spacial score (nSPS) is 18.0. The minimum Gasteiger partial charge on any atom is -0.367 e. The molecule has 23 heavy (non-hydrogen) atoms. The monoisotopic (exact) mass is 316 g/mol. The minimum atomic E-state index is -0.646. The van der Waals surface area contributed by atoms with E-state index in [-0.39, 0.29) is 5.82 Å². The average molecular weight is 316 g/mol. The van der Waals surface area contributed by atoms with Crippen LogP contribution < -0.4 is 10.6 Å². The first-order chi connectivity index (χ1) is 11.0. The first-order valence-corrected chi connectivity index (χ1v) is 7.31. The van der Waals surface area contributed by atoms with E-state index in [1.807, 2.05) is 17.9 Å². The molecule has 1 aliphatic heterocycles. The largest absolute Gasteiger partial charge is 0.367 e. The van der Waals surface area contributed by atoms with Gasteiger partial charge in [0.2, 0.25) is 5.91 Å². The van der Waals surface area contributed by atoms with E-state index >= 15 is 0 Å². The van der Waals surface area contributed by atoms with Crippen LogP contribution in [-0.2, 0) is 9.53 Å². The van der Waals surface area contributed by atoms with Crippen molar-refractivity contribution in [1.82, 2.24) is 10.2 Å². The fourth-order valence-corrected chi connectivity index (χ4v) is 2.59. The van der Waals surface area contributed by atoms with Crippen molar-refractivity contribution in [2.75, 3.05) is 24.6 Å². The summed E-state index contributed by atoms with van der Waals surface area (Å²) in [5.41, 5.74) is 7.46. The molecule has 0 aliphatic carbocycles. The number of nitrogens with zero attached hydrogens (tertiary/aromatic N) is 3.